The van der Waals surface area contributed by atoms with Crippen molar-refractivity contribution >= 4 is 23.4 Å². The lowest BCUT2D eigenvalue weighted by atomic mass is 10.1. The fourth-order valence-electron chi connectivity index (χ4n) is 1.93. The fraction of sp³-hybridized carbons (Fsp3) is 0.0833. The average Bonchev–Trinajstić information content (AvgIpc) is 3.04. The van der Waals surface area contributed by atoms with E-state index in [1.807, 2.05) is 29.8 Å². The maximum Gasteiger partial charge on any atom is 0.199 e. The monoisotopic (exact) mass is 257 g/mol. The summed E-state index contributed by atoms with van der Waals surface area (Å²) in [6.45, 7) is 0. The topological polar surface area (TPSA) is 110 Å². The predicted molar refractivity (Wildman–Crippen MR) is 69.0 cm³/mol. The molecule has 7 heteroatoms. The van der Waals surface area contributed by atoms with E-state index in [0.717, 1.165) is 12.0 Å². The van der Waals surface area contributed by atoms with E-state index in [9.17, 15) is 0 Å². The molecule has 0 bridgehead atoms. The molecule has 1 aromatic heterocycles. The Morgan fingerprint density at radius 3 is 3.05 bits per heavy atom. The molecule has 0 radical (unpaired) electrons. The first-order chi connectivity index (χ1) is 9.28. The minimum atomic E-state index is 0.0568. The largest absolute Gasteiger partial charge is 0.379 e. The van der Waals surface area contributed by atoms with Crippen LogP contribution >= 0.6 is 0 Å². The van der Waals surface area contributed by atoms with Crippen molar-refractivity contribution < 1.29 is 9.84 Å². The van der Waals surface area contributed by atoms with Gasteiger partial charge in [0.05, 0.1) is 5.69 Å². The smallest absolute Gasteiger partial charge is 0.199 e. The fourth-order valence-corrected chi connectivity index (χ4v) is 1.93. The van der Waals surface area contributed by atoms with E-state index in [0.29, 0.717) is 5.69 Å². The molecule has 7 nitrogen and oxygen atoms in total. The Morgan fingerprint density at radius 1 is 1.42 bits per heavy atom. The van der Waals surface area contributed by atoms with Crippen LogP contribution in [0.15, 0.2) is 33.9 Å². The lowest BCUT2D eigenvalue weighted by Gasteiger charge is -2.03. The van der Waals surface area contributed by atoms with Gasteiger partial charge in [-0.3, -0.25) is 10.7 Å². The molecule has 0 atom stereocenters. The standard InChI is InChI=1S/C12H11N5O2/c13-11-10(16-19-17-11)12(15-18)14-9-5-4-7-2-1-3-8(7)6-9/h1,3-6,18H,2H2,(H2,13,17)(H,14,15). The molecule has 4 N–H and O–H groups in total. The summed E-state index contributed by atoms with van der Waals surface area (Å²) in [5.74, 6) is 0.141. The Kier molecular flexibility index (Phi) is 2.73. The van der Waals surface area contributed by atoms with Crippen molar-refractivity contribution in [2.45, 2.75) is 6.42 Å². The third-order valence-electron chi connectivity index (χ3n) is 2.85. The zero-order valence-electron chi connectivity index (χ0n) is 9.87. The maximum atomic E-state index is 9.12. The number of nitrogens with zero attached hydrogens (tertiary/aromatic N) is 3. The van der Waals surface area contributed by atoms with Crippen LogP contribution in [0.2, 0.25) is 0 Å². The van der Waals surface area contributed by atoms with Gasteiger partial charge in [0, 0.05) is 0 Å². The van der Waals surface area contributed by atoms with Crippen LogP contribution < -0.4 is 11.2 Å². The molecule has 96 valence electrons. The number of amidine groups is 1. The van der Waals surface area contributed by atoms with E-state index in [2.05, 4.69) is 26.0 Å². The molecule has 0 saturated carbocycles. The molecule has 1 aliphatic rings. The van der Waals surface area contributed by atoms with E-state index in [-0.39, 0.29) is 17.3 Å². The second kappa shape index (κ2) is 4.54. The number of anilines is 1. The summed E-state index contributed by atoms with van der Waals surface area (Å²) in [5, 5.41) is 16.1. The molecule has 0 amide bonds. The second-order valence-electron chi connectivity index (χ2n) is 4.06. The highest BCUT2D eigenvalue weighted by Crippen LogP contribution is 2.25. The van der Waals surface area contributed by atoms with E-state index >= 15 is 0 Å². The van der Waals surface area contributed by atoms with Crippen molar-refractivity contribution in [1.82, 2.24) is 15.8 Å². The summed E-state index contributed by atoms with van der Waals surface area (Å²) in [7, 11) is 0. The first-order valence-corrected chi connectivity index (χ1v) is 5.64. The molecule has 0 spiro atoms. The molecule has 0 aliphatic heterocycles. The maximum absolute atomic E-state index is 9.12. The zero-order valence-corrected chi connectivity index (χ0v) is 9.87. The SMILES string of the molecule is Nc1nonc1C(=Nc1ccc2c(c1)C=CC2)NO. The van der Waals surface area contributed by atoms with Crippen molar-refractivity contribution in [3.05, 3.63) is 41.1 Å². The molecule has 2 aromatic rings. The Morgan fingerprint density at radius 2 is 2.32 bits per heavy atom. The van der Waals surface area contributed by atoms with Crippen LogP contribution in [-0.4, -0.2) is 21.4 Å². The first kappa shape index (κ1) is 11.4. The Hall–Kier alpha value is -2.67. The Bertz CT molecular complexity index is 675. The number of benzene rings is 1. The minimum Gasteiger partial charge on any atom is -0.379 e. The van der Waals surface area contributed by atoms with Gasteiger partial charge in [-0.25, -0.2) is 9.62 Å². The number of aliphatic imine (C=N–C) groups is 1. The van der Waals surface area contributed by atoms with Gasteiger partial charge in [-0.1, -0.05) is 18.2 Å². The summed E-state index contributed by atoms with van der Waals surface area (Å²) in [5.41, 5.74) is 10.7. The third-order valence-corrected chi connectivity index (χ3v) is 2.85. The highest BCUT2D eigenvalue weighted by atomic mass is 16.6. The predicted octanol–water partition coefficient (Wildman–Crippen LogP) is 1.28. The van der Waals surface area contributed by atoms with E-state index in [1.165, 1.54) is 5.56 Å². The molecule has 1 aliphatic carbocycles. The van der Waals surface area contributed by atoms with Crippen LogP contribution in [0.4, 0.5) is 11.5 Å². The van der Waals surface area contributed by atoms with Gasteiger partial charge in [-0.05, 0) is 40.0 Å². The number of nitrogen functional groups attached to an aromatic ring is 1. The van der Waals surface area contributed by atoms with E-state index < -0.39 is 0 Å². The molecule has 0 fully saturated rings. The number of allylic oxidation sites excluding steroid dienone is 1. The molecule has 0 saturated heterocycles. The van der Waals surface area contributed by atoms with Crippen LogP contribution in [0.1, 0.15) is 16.8 Å². The van der Waals surface area contributed by atoms with Crippen molar-refractivity contribution in [3.8, 4) is 0 Å². The number of nitrogens with two attached hydrogens (primary N) is 1. The van der Waals surface area contributed by atoms with Crippen molar-refractivity contribution in [1.29, 1.82) is 0 Å². The van der Waals surface area contributed by atoms with Crippen LogP contribution in [0, 0.1) is 0 Å². The van der Waals surface area contributed by atoms with Gasteiger partial charge >= 0.3 is 0 Å². The number of fused-ring (bicyclic) bond motifs is 1. The molecular formula is C12H11N5O2. The van der Waals surface area contributed by atoms with Crippen LogP contribution in [0.3, 0.4) is 0 Å². The Labute approximate surface area is 108 Å². The zero-order chi connectivity index (χ0) is 13.2. The summed E-state index contributed by atoms with van der Waals surface area (Å²) in [6.07, 6.45) is 5.06. The van der Waals surface area contributed by atoms with Gasteiger partial charge in [0.1, 0.15) is 0 Å². The van der Waals surface area contributed by atoms with Crippen LogP contribution in [0.25, 0.3) is 6.08 Å². The van der Waals surface area contributed by atoms with Gasteiger partial charge in [0.2, 0.25) is 0 Å². The highest BCUT2D eigenvalue weighted by molar-refractivity contribution is 6.01. The molecular weight excluding hydrogens is 246 g/mol. The van der Waals surface area contributed by atoms with E-state index in [1.54, 1.807) is 0 Å². The summed E-state index contributed by atoms with van der Waals surface area (Å²) in [6, 6.07) is 5.76. The third kappa shape index (κ3) is 2.06. The van der Waals surface area contributed by atoms with Gasteiger partial charge in [0.15, 0.2) is 17.3 Å². The highest BCUT2D eigenvalue weighted by Gasteiger charge is 2.14. The Balaban J connectivity index is 1.99. The second-order valence-corrected chi connectivity index (χ2v) is 4.06. The number of hydroxylamine groups is 1. The summed E-state index contributed by atoms with van der Waals surface area (Å²) < 4.78 is 4.47. The van der Waals surface area contributed by atoms with Crippen LogP contribution in [0.5, 0.6) is 0 Å². The lowest BCUT2D eigenvalue weighted by molar-refractivity contribution is 0.234. The first-order valence-electron chi connectivity index (χ1n) is 5.64. The normalized spacial score (nSPS) is 13.6. The lowest BCUT2D eigenvalue weighted by Crippen LogP contribution is -2.21. The van der Waals surface area contributed by atoms with Gasteiger partial charge in [-0.2, -0.15) is 0 Å². The number of hydrogen-bond donors (Lipinski definition) is 3. The average molecular weight is 257 g/mol. The van der Waals surface area contributed by atoms with Crippen molar-refractivity contribution in [3.63, 3.8) is 0 Å². The molecule has 1 heterocycles. The number of aromatic nitrogens is 2. The summed E-state index contributed by atoms with van der Waals surface area (Å²) in [4.78, 5) is 4.24. The number of rotatable bonds is 2. The van der Waals surface area contributed by atoms with Crippen molar-refractivity contribution in [2.75, 3.05) is 5.73 Å². The van der Waals surface area contributed by atoms with Gasteiger partial charge in [0.25, 0.3) is 0 Å². The molecule has 19 heavy (non-hydrogen) atoms. The molecule has 1 aromatic carbocycles. The number of nitrogens with one attached hydrogen (secondary N) is 1. The van der Waals surface area contributed by atoms with Gasteiger partial charge in [-0.15, -0.1) is 0 Å². The molecule has 3 rings (SSSR count). The molecule has 0 unspecified atom stereocenters. The summed E-state index contributed by atoms with van der Waals surface area (Å²) >= 11 is 0. The van der Waals surface area contributed by atoms with Gasteiger partial charge < -0.3 is 5.73 Å². The minimum absolute atomic E-state index is 0.0568. The van der Waals surface area contributed by atoms with E-state index in [4.69, 9.17) is 10.9 Å². The quantitative estimate of drug-likeness (QED) is 0.424. The number of hydrogen-bond acceptors (Lipinski definition) is 6. The van der Waals surface area contributed by atoms with Crippen LogP contribution in [-0.2, 0) is 6.42 Å². The van der Waals surface area contributed by atoms with Crippen molar-refractivity contribution in [2.24, 2.45) is 4.99 Å².